The summed E-state index contributed by atoms with van der Waals surface area (Å²) in [6, 6.07) is 8.76. The van der Waals surface area contributed by atoms with Crippen LogP contribution in [0, 0.1) is 17.2 Å². The van der Waals surface area contributed by atoms with Crippen molar-refractivity contribution < 1.29 is 14.7 Å². The van der Waals surface area contributed by atoms with Gasteiger partial charge in [-0.25, -0.2) is 0 Å². The highest BCUT2D eigenvalue weighted by Crippen LogP contribution is 2.22. The van der Waals surface area contributed by atoms with E-state index in [0.29, 0.717) is 24.1 Å². The van der Waals surface area contributed by atoms with Gasteiger partial charge in [0.05, 0.1) is 17.2 Å². The normalized spacial score (nSPS) is 11.4. The highest BCUT2D eigenvalue weighted by Gasteiger charge is 2.23. The molecule has 106 valence electrons. The van der Waals surface area contributed by atoms with E-state index in [2.05, 4.69) is 0 Å². The number of hydrogen-bond acceptors (Lipinski definition) is 3. The molecule has 1 amide bonds. The number of carboxylic acids is 1. The number of amides is 1. The quantitative estimate of drug-likeness (QED) is 0.863. The summed E-state index contributed by atoms with van der Waals surface area (Å²) >= 11 is 0. The summed E-state index contributed by atoms with van der Waals surface area (Å²) in [5.41, 5.74) is 0.844. The predicted molar refractivity (Wildman–Crippen MR) is 75.2 cm³/mol. The Labute approximate surface area is 118 Å². The van der Waals surface area contributed by atoms with Gasteiger partial charge in [0.15, 0.2) is 0 Å². The molecule has 5 nitrogen and oxygen atoms in total. The second-order valence-corrected chi connectivity index (χ2v) is 4.62. The first-order valence-electron chi connectivity index (χ1n) is 6.53. The lowest BCUT2D eigenvalue weighted by Gasteiger charge is -2.25. The van der Waals surface area contributed by atoms with Crippen LogP contribution in [0.1, 0.15) is 32.3 Å². The van der Waals surface area contributed by atoms with E-state index < -0.39 is 11.9 Å². The first-order valence-corrected chi connectivity index (χ1v) is 6.53. The third-order valence-corrected chi connectivity index (χ3v) is 2.96. The molecule has 1 N–H and O–H groups in total. The van der Waals surface area contributed by atoms with E-state index in [4.69, 9.17) is 10.4 Å². The van der Waals surface area contributed by atoms with Crippen LogP contribution in [0.25, 0.3) is 0 Å². The van der Waals surface area contributed by atoms with Gasteiger partial charge in [-0.3, -0.25) is 9.59 Å². The zero-order chi connectivity index (χ0) is 15.1. The van der Waals surface area contributed by atoms with Crippen molar-refractivity contribution in [2.75, 3.05) is 11.4 Å². The van der Waals surface area contributed by atoms with Crippen LogP contribution in [-0.4, -0.2) is 23.5 Å². The van der Waals surface area contributed by atoms with E-state index in [1.165, 1.54) is 4.90 Å². The molecule has 1 atom stereocenters. The third-order valence-electron chi connectivity index (χ3n) is 2.96. The molecule has 1 aromatic carbocycles. The minimum absolute atomic E-state index is 0.0624. The van der Waals surface area contributed by atoms with Crippen LogP contribution in [0.4, 0.5) is 5.69 Å². The number of aliphatic carboxylic acids is 1. The Morgan fingerprint density at radius 2 is 2.05 bits per heavy atom. The van der Waals surface area contributed by atoms with Crippen molar-refractivity contribution in [3.63, 3.8) is 0 Å². The third kappa shape index (κ3) is 3.82. The van der Waals surface area contributed by atoms with Crippen molar-refractivity contribution in [1.82, 2.24) is 0 Å². The molecule has 0 heterocycles. The smallest absolute Gasteiger partial charge is 0.308 e. The monoisotopic (exact) mass is 274 g/mol. The number of nitrogens with zero attached hydrogens (tertiary/aromatic N) is 2. The topological polar surface area (TPSA) is 81.4 Å². The summed E-state index contributed by atoms with van der Waals surface area (Å²) in [7, 11) is 0. The van der Waals surface area contributed by atoms with Gasteiger partial charge in [-0.1, -0.05) is 26.0 Å². The van der Waals surface area contributed by atoms with Crippen molar-refractivity contribution in [1.29, 1.82) is 5.26 Å². The molecular formula is C15H18N2O3. The molecular weight excluding hydrogens is 256 g/mol. The van der Waals surface area contributed by atoms with Crippen molar-refractivity contribution in [2.45, 2.75) is 26.7 Å². The maximum Gasteiger partial charge on any atom is 0.308 e. The first kappa shape index (κ1) is 15.7. The number of anilines is 1. The van der Waals surface area contributed by atoms with E-state index >= 15 is 0 Å². The summed E-state index contributed by atoms with van der Waals surface area (Å²) in [6.45, 7) is 3.49. The van der Waals surface area contributed by atoms with Gasteiger partial charge < -0.3 is 10.0 Å². The standard InChI is InChI=1S/C15H18N2O3/c1-3-6-14(18)17(10-11(2)15(19)20)13-8-5-4-7-12(13)9-16/h4-5,7-8,11H,3,6,10H2,1-2H3,(H,19,20). The Morgan fingerprint density at radius 1 is 1.40 bits per heavy atom. The van der Waals surface area contributed by atoms with E-state index in [9.17, 15) is 9.59 Å². The van der Waals surface area contributed by atoms with Gasteiger partial charge in [0.25, 0.3) is 0 Å². The minimum Gasteiger partial charge on any atom is -0.481 e. The molecule has 5 heteroatoms. The van der Waals surface area contributed by atoms with Crippen LogP contribution in [0.5, 0.6) is 0 Å². The van der Waals surface area contributed by atoms with Crippen LogP contribution in [-0.2, 0) is 9.59 Å². The van der Waals surface area contributed by atoms with Crippen LogP contribution in [0.3, 0.4) is 0 Å². The summed E-state index contributed by atoms with van der Waals surface area (Å²) in [4.78, 5) is 24.6. The molecule has 1 unspecified atom stereocenters. The molecule has 0 saturated carbocycles. The molecule has 0 saturated heterocycles. The zero-order valence-electron chi connectivity index (χ0n) is 11.7. The summed E-state index contributed by atoms with van der Waals surface area (Å²) in [6.07, 6.45) is 0.998. The SMILES string of the molecule is CCCC(=O)N(CC(C)C(=O)O)c1ccccc1C#N. The second kappa shape index (κ2) is 7.29. The number of carboxylic acid groups (broad SMARTS) is 1. The van der Waals surface area contributed by atoms with Crippen LogP contribution < -0.4 is 4.90 Å². The Kier molecular flexibility index (Phi) is 5.73. The van der Waals surface area contributed by atoms with Gasteiger partial charge in [0, 0.05) is 13.0 Å². The van der Waals surface area contributed by atoms with Gasteiger partial charge in [0.1, 0.15) is 6.07 Å². The summed E-state index contributed by atoms with van der Waals surface area (Å²) in [5.74, 6) is -1.82. The summed E-state index contributed by atoms with van der Waals surface area (Å²) in [5, 5.41) is 18.1. The fraction of sp³-hybridized carbons (Fsp3) is 0.400. The fourth-order valence-corrected chi connectivity index (χ4v) is 1.84. The number of rotatable bonds is 6. The van der Waals surface area contributed by atoms with Gasteiger partial charge in [0.2, 0.25) is 5.91 Å². The number of para-hydroxylation sites is 1. The summed E-state index contributed by atoms with van der Waals surface area (Å²) < 4.78 is 0. The average molecular weight is 274 g/mol. The lowest BCUT2D eigenvalue weighted by molar-refractivity contribution is -0.140. The van der Waals surface area contributed by atoms with Crippen LogP contribution in [0.15, 0.2) is 24.3 Å². The van der Waals surface area contributed by atoms with E-state index in [1.54, 1.807) is 31.2 Å². The molecule has 1 rings (SSSR count). The number of carbonyl (C=O) groups excluding carboxylic acids is 1. The van der Waals surface area contributed by atoms with Gasteiger partial charge >= 0.3 is 5.97 Å². The number of nitriles is 1. The highest BCUT2D eigenvalue weighted by molar-refractivity contribution is 5.95. The molecule has 20 heavy (non-hydrogen) atoms. The zero-order valence-corrected chi connectivity index (χ0v) is 11.7. The molecule has 0 fully saturated rings. The van der Waals surface area contributed by atoms with E-state index in [-0.39, 0.29) is 12.5 Å². The van der Waals surface area contributed by atoms with Crippen molar-refractivity contribution >= 4 is 17.6 Å². The molecule has 0 aliphatic rings. The molecule has 0 aliphatic heterocycles. The largest absolute Gasteiger partial charge is 0.481 e. The van der Waals surface area contributed by atoms with Crippen LogP contribution >= 0.6 is 0 Å². The number of carbonyl (C=O) groups is 2. The predicted octanol–water partition coefficient (Wildman–Crippen LogP) is 2.41. The van der Waals surface area contributed by atoms with Gasteiger partial charge in [-0.2, -0.15) is 5.26 Å². The van der Waals surface area contributed by atoms with Gasteiger partial charge in [-0.05, 0) is 18.6 Å². The first-order chi connectivity index (χ1) is 9.51. The van der Waals surface area contributed by atoms with Crippen LogP contribution in [0.2, 0.25) is 0 Å². The maximum atomic E-state index is 12.2. The Morgan fingerprint density at radius 3 is 2.60 bits per heavy atom. The average Bonchev–Trinajstić information content (AvgIpc) is 2.44. The number of benzene rings is 1. The van der Waals surface area contributed by atoms with Crippen molar-refractivity contribution in [3.05, 3.63) is 29.8 Å². The molecule has 0 bridgehead atoms. The van der Waals surface area contributed by atoms with E-state index in [0.717, 1.165) is 0 Å². The van der Waals surface area contributed by atoms with Crippen molar-refractivity contribution in [3.8, 4) is 6.07 Å². The molecule has 0 radical (unpaired) electrons. The molecule has 0 aromatic heterocycles. The Bertz CT molecular complexity index is 534. The maximum absolute atomic E-state index is 12.2. The molecule has 0 spiro atoms. The molecule has 0 aliphatic carbocycles. The van der Waals surface area contributed by atoms with E-state index in [1.807, 2.05) is 13.0 Å². The Hall–Kier alpha value is -2.35. The fourth-order valence-electron chi connectivity index (χ4n) is 1.84. The lowest BCUT2D eigenvalue weighted by Crippen LogP contribution is -2.37. The number of hydrogen-bond donors (Lipinski definition) is 1. The van der Waals surface area contributed by atoms with Crippen molar-refractivity contribution in [2.24, 2.45) is 5.92 Å². The lowest BCUT2D eigenvalue weighted by atomic mass is 10.1. The molecule has 1 aromatic rings. The second-order valence-electron chi connectivity index (χ2n) is 4.62. The van der Waals surface area contributed by atoms with Gasteiger partial charge in [-0.15, -0.1) is 0 Å². The highest BCUT2D eigenvalue weighted by atomic mass is 16.4. The minimum atomic E-state index is -0.964. The Balaban J connectivity index is 3.13.